The molecule has 0 radical (unpaired) electrons. The van der Waals surface area contributed by atoms with Gasteiger partial charge in [-0.25, -0.2) is 0 Å². The summed E-state index contributed by atoms with van der Waals surface area (Å²) in [5.41, 5.74) is 1.21. The van der Waals surface area contributed by atoms with Crippen LogP contribution in [0.1, 0.15) is 5.56 Å². The first-order valence-electron chi connectivity index (χ1n) is 8.63. The van der Waals surface area contributed by atoms with E-state index in [0.717, 1.165) is 10.6 Å². The zero-order valence-corrected chi connectivity index (χ0v) is 16.0. The Kier molecular flexibility index (Phi) is 5.89. The van der Waals surface area contributed by atoms with E-state index in [1.807, 2.05) is 60.7 Å². The summed E-state index contributed by atoms with van der Waals surface area (Å²) < 4.78 is 14.0. The number of nitro groups is 1. The van der Waals surface area contributed by atoms with Gasteiger partial charge in [0.25, 0.3) is 5.69 Å². The van der Waals surface area contributed by atoms with Crippen molar-refractivity contribution in [2.45, 2.75) is 0 Å². The average Bonchev–Trinajstić information content (AvgIpc) is 2.73. The van der Waals surface area contributed by atoms with Gasteiger partial charge in [0.15, 0.2) is 0 Å². The van der Waals surface area contributed by atoms with Crippen LogP contribution in [0, 0.1) is 22.0 Å². The second-order valence-electron chi connectivity index (χ2n) is 6.23. The molecule has 3 aromatic carbocycles. The molecule has 0 unspecified atom stereocenters. The molecule has 0 aliphatic rings. The van der Waals surface area contributed by atoms with Crippen LogP contribution in [0.3, 0.4) is 0 Å². The fourth-order valence-electron chi connectivity index (χ4n) is 2.80. The highest BCUT2D eigenvalue weighted by molar-refractivity contribution is 7.78. The molecule has 0 atom stereocenters. The van der Waals surface area contributed by atoms with Gasteiger partial charge >= 0.3 is 0 Å². The van der Waals surface area contributed by atoms with Crippen molar-refractivity contribution in [1.29, 1.82) is 0 Å². The number of nitro benzene ring substituents is 1. The number of hydrogen-bond donors (Lipinski definition) is 0. The van der Waals surface area contributed by atoms with Crippen LogP contribution >= 0.6 is 7.14 Å². The Balaban J connectivity index is 1.87. The highest BCUT2D eigenvalue weighted by Crippen LogP contribution is 2.44. The number of non-ortho nitro benzene ring substituents is 1. The number of nitrogens with zero attached hydrogens (tertiary/aromatic N) is 1. The van der Waals surface area contributed by atoms with Crippen LogP contribution < -0.4 is 10.6 Å². The van der Waals surface area contributed by atoms with Crippen LogP contribution in [0.5, 0.6) is 0 Å². The van der Waals surface area contributed by atoms with E-state index in [9.17, 15) is 14.7 Å². The topological polar surface area (TPSA) is 60.2 Å². The first-order chi connectivity index (χ1) is 13.5. The molecule has 0 heterocycles. The van der Waals surface area contributed by atoms with Gasteiger partial charge in [0.2, 0.25) is 0 Å². The van der Waals surface area contributed by atoms with E-state index < -0.39 is 12.1 Å². The molecular weight excluding hydrogens is 369 g/mol. The number of allylic oxidation sites excluding steroid dienone is 1. The smallest absolute Gasteiger partial charge is 0.269 e. The maximum absolute atomic E-state index is 14.0. The molecule has 0 aromatic heterocycles. The van der Waals surface area contributed by atoms with Gasteiger partial charge in [-0.3, -0.25) is 10.1 Å². The van der Waals surface area contributed by atoms with Gasteiger partial charge in [-0.1, -0.05) is 79.1 Å². The minimum Gasteiger partial charge on any atom is -0.313 e. The number of hydrogen-bond acceptors (Lipinski definition) is 3. The van der Waals surface area contributed by atoms with E-state index in [1.54, 1.807) is 12.1 Å². The van der Waals surface area contributed by atoms with Crippen LogP contribution in [0.25, 0.3) is 0 Å². The predicted octanol–water partition coefficient (Wildman–Crippen LogP) is 4.52. The standard InChI is InChI=1S/C23H18NO3P/c1-19(12-13-20-14-16-21(17-15-20)24(25)26)18-28(27,22-8-4-2-5-9-22)23-10-6-3-7-11-23/h2-11,14-17H,1,18H2. The van der Waals surface area contributed by atoms with Crippen LogP contribution in [0.15, 0.2) is 97.1 Å². The average molecular weight is 387 g/mol. The molecular formula is C23H18NO3P. The van der Waals surface area contributed by atoms with Crippen LogP contribution in [0.2, 0.25) is 0 Å². The largest absolute Gasteiger partial charge is 0.313 e. The molecule has 0 saturated carbocycles. The van der Waals surface area contributed by atoms with Crippen molar-refractivity contribution in [3.05, 3.63) is 113 Å². The zero-order valence-electron chi connectivity index (χ0n) is 15.1. The maximum Gasteiger partial charge on any atom is 0.269 e. The Morgan fingerprint density at radius 2 is 1.39 bits per heavy atom. The summed E-state index contributed by atoms with van der Waals surface area (Å²) in [6.07, 6.45) is 0.237. The minimum absolute atomic E-state index is 0.0158. The summed E-state index contributed by atoms with van der Waals surface area (Å²) in [5.74, 6) is 5.90. The first-order valence-corrected chi connectivity index (χ1v) is 10.5. The Labute approximate surface area is 164 Å². The number of rotatable bonds is 5. The molecule has 138 valence electrons. The summed E-state index contributed by atoms with van der Waals surface area (Å²) in [5, 5.41) is 12.3. The Morgan fingerprint density at radius 1 is 0.893 bits per heavy atom. The molecule has 3 rings (SSSR count). The molecule has 0 aliphatic carbocycles. The lowest BCUT2D eigenvalue weighted by molar-refractivity contribution is -0.384. The molecule has 28 heavy (non-hydrogen) atoms. The molecule has 5 heteroatoms. The lowest BCUT2D eigenvalue weighted by Gasteiger charge is -2.19. The summed E-state index contributed by atoms with van der Waals surface area (Å²) >= 11 is 0. The first kappa shape index (κ1) is 19.4. The Bertz CT molecular complexity index is 1050. The van der Waals surface area contributed by atoms with Crippen molar-refractivity contribution in [3.8, 4) is 11.8 Å². The van der Waals surface area contributed by atoms with Crippen molar-refractivity contribution >= 4 is 23.4 Å². The Morgan fingerprint density at radius 3 is 1.86 bits per heavy atom. The molecule has 3 aromatic rings. The zero-order chi connectivity index (χ0) is 20.0. The molecule has 4 nitrogen and oxygen atoms in total. The maximum atomic E-state index is 14.0. The normalized spacial score (nSPS) is 10.6. The summed E-state index contributed by atoms with van der Waals surface area (Å²) in [4.78, 5) is 10.3. The Hall–Kier alpha value is -3.41. The van der Waals surface area contributed by atoms with E-state index in [2.05, 4.69) is 18.4 Å². The van der Waals surface area contributed by atoms with Crippen LogP contribution in [0.4, 0.5) is 5.69 Å². The second kappa shape index (κ2) is 8.52. The summed E-state index contributed by atoms with van der Waals surface area (Å²) in [7, 11) is -2.91. The van der Waals surface area contributed by atoms with Crippen molar-refractivity contribution < 1.29 is 9.49 Å². The van der Waals surface area contributed by atoms with Gasteiger partial charge in [-0.15, -0.1) is 0 Å². The van der Waals surface area contributed by atoms with Crippen molar-refractivity contribution in [1.82, 2.24) is 0 Å². The molecule has 0 fully saturated rings. The quantitative estimate of drug-likeness (QED) is 0.280. The summed E-state index contributed by atoms with van der Waals surface area (Å²) in [6, 6.07) is 24.7. The third kappa shape index (κ3) is 4.46. The minimum atomic E-state index is -2.91. The highest BCUT2D eigenvalue weighted by Gasteiger charge is 2.27. The van der Waals surface area contributed by atoms with Crippen LogP contribution in [-0.4, -0.2) is 11.1 Å². The van der Waals surface area contributed by atoms with Gasteiger partial charge < -0.3 is 4.57 Å². The van der Waals surface area contributed by atoms with Crippen molar-refractivity contribution in [3.63, 3.8) is 0 Å². The van der Waals surface area contributed by atoms with Crippen molar-refractivity contribution in [2.24, 2.45) is 0 Å². The SMILES string of the molecule is C=C(C#Cc1ccc([N+](=O)[O-])cc1)CP(=O)(c1ccccc1)c1ccccc1. The molecule has 0 spiro atoms. The highest BCUT2D eigenvalue weighted by atomic mass is 31.2. The lowest BCUT2D eigenvalue weighted by atomic mass is 10.2. The fourth-order valence-corrected chi connectivity index (χ4v) is 5.39. The van der Waals surface area contributed by atoms with Gasteiger partial charge in [-0.2, -0.15) is 0 Å². The summed E-state index contributed by atoms with van der Waals surface area (Å²) in [6.45, 7) is 4.00. The third-order valence-corrected chi connectivity index (χ3v) is 7.31. The van der Waals surface area contributed by atoms with E-state index in [0.29, 0.717) is 11.1 Å². The van der Waals surface area contributed by atoms with E-state index in [-0.39, 0.29) is 11.8 Å². The molecule has 0 amide bonds. The van der Waals surface area contributed by atoms with Gasteiger partial charge in [0.05, 0.1) is 4.92 Å². The molecule has 0 N–H and O–H groups in total. The van der Waals surface area contributed by atoms with Crippen molar-refractivity contribution in [2.75, 3.05) is 6.16 Å². The second-order valence-corrected chi connectivity index (χ2v) is 9.05. The molecule has 0 saturated heterocycles. The monoisotopic (exact) mass is 387 g/mol. The fraction of sp³-hybridized carbons (Fsp3) is 0.0435. The van der Waals surface area contributed by atoms with E-state index >= 15 is 0 Å². The number of benzene rings is 3. The molecule has 0 aliphatic heterocycles. The van der Waals surface area contributed by atoms with E-state index in [4.69, 9.17) is 0 Å². The lowest BCUT2D eigenvalue weighted by Crippen LogP contribution is -2.18. The van der Waals surface area contributed by atoms with Crippen LogP contribution in [-0.2, 0) is 4.57 Å². The third-order valence-electron chi connectivity index (χ3n) is 4.22. The van der Waals surface area contributed by atoms with Gasteiger partial charge in [-0.05, 0) is 12.1 Å². The van der Waals surface area contributed by atoms with E-state index in [1.165, 1.54) is 12.1 Å². The molecule has 0 bridgehead atoms. The van der Waals surface area contributed by atoms with Gasteiger partial charge in [0, 0.05) is 40.0 Å². The van der Waals surface area contributed by atoms with Gasteiger partial charge in [0.1, 0.15) is 7.14 Å². The predicted molar refractivity (Wildman–Crippen MR) is 114 cm³/mol.